The maximum absolute atomic E-state index is 12.8. The Hall–Kier alpha value is -1.88. The highest BCUT2D eigenvalue weighted by atomic mass is 16.6. The van der Waals surface area contributed by atoms with Crippen LogP contribution >= 0.6 is 0 Å². The van der Waals surface area contributed by atoms with E-state index in [9.17, 15) is 9.59 Å². The van der Waals surface area contributed by atoms with Crippen molar-refractivity contribution in [2.45, 2.75) is 297 Å². The lowest BCUT2D eigenvalue weighted by Crippen LogP contribution is -2.30. The largest absolute Gasteiger partial charge is 0.462 e. The Labute approximate surface area is 387 Å². The van der Waals surface area contributed by atoms with Gasteiger partial charge in [-0.15, -0.1) is 0 Å². The minimum atomic E-state index is -0.541. The van der Waals surface area contributed by atoms with Crippen molar-refractivity contribution in [3.05, 3.63) is 36.5 Å². The van der Waals surface area contributed by atoms with Crippen molar-refractivity contribution in [1.82, 2.24) is 0 Å². The molecule has 1 atom stereocenters. The van der Waals surface area contributed by atoms with Gasteiger partial charge >= 0.3 is 11.9 Å². The number of ether oxygens (including phenoxy) is 3. The number of carbonyl (C=O) groups is 2. The van der Waals surface area contributed by atoms with E-state index in [1.54, 1.807) is 0 Å². The Morgan fingerprint density at radius 2 is 0.629 bits per heavy atom. The molecule has 0 bridgehead atoms. The summed E-state index contributed by atoms with van der Waals surface area (Å²) >= 11 is 0. The van der Waals surface area contributed by atoms with Crippen molar-refractivity contribution in [2.75, 3.05) is 19.8 Å². The van der Waals surface area contributed by atoms with Crippen LogP contribution in [0.1, 0.15) is 290 Å². The SMILES string of the molecule is CCCCCC/C=C\CCCCCCCCOCC(COC(=O)CCCCCCCCCCC/C=C\CCCCCCCC)OC(=O)CCCCCCC/C=C\CCCCCC. The third-order valence-corrected chi connectivity index (χ3v) is 12.1. The average Bonchev–Trinajstić information content (AvgIpc) is 3.27. The first-order valence-corrected chi connectivity index (χ1v) is 27.5. The maximum Gasteiger partial charge on any atom is 0.306 e. The van der Waals surface area contributed by atoms with Gasteiger partial charge in [-0.05, 0) is 96.3 Å². The van der Waals surface area contributed by atoms with Gasteiger partial charge in [0.2, 0.25) is 0 Å². The quantitative estimate of drug-likeness (QED) is 0.0346. The van der Waals surface area contributed by atoms with Crippen molar-refractivity contribution in [2.24, 2.45) is 0 Å². The smallest absolute Gasteiger partial charge is 0.306 e. The summed E-state index contributed by atoms with van der Waals surface area (Å²) in [7, 11) is 0. The highest BCUT2D eigenvalue weighted by Gasteiger charge is 2.17. The Bertz CT molecular complexity index is 986. The summed E-state index contributed by atoms with van der Waals surface area (Å²) in [5.74, 6) is -0.400. The second kappa shape index (κ2) is 53.5. The molecule has 0 radical (unpaired) electrons. The standard InChI is InChI=1S/C57H106O5/c1-4-7-10-13-16-19-22-25-27-28-29-30-31-33-35-38-41-44-47-50-56(58)61-54-55(53-60-52-49-46-43-40-37-34-26-23-20-17-14-11-8-5-2)62-57(59)51-48-45-42-39-36-32-24-21-18-15-12-9-6-3/h20-21,23-25,27,55H,4-19,22,26,28-54H2,1-3H3/b23-20-,24-21-,27-25-. The molecule has 0 amide bonds. The van der Waals surface area contributed by atoms with E-state index in [0.717, 1.165) is 51.4 Å². The molecule has 62 heavy (non-hydrogen) atoms. The maximum atomic E-state index is 12.8. The number of rotatable bonds is 51. The van der Waals surface area contributed by atoms with Crippen molar-refractivity contribution in [1.29, 1.82) is 0 Å². The van der Waals surface area contributed by atoms with Crippen LogP contribution in [0.25, 0.3) is 0 Å². The Morgan fingerprint density at radius 3 is 1.00 bits per heavy atom. The van der Waals surface area contributed by atoms with Crippen LogP contribution in [0.3, 0.4) is 0 Å². The van der Waals surface area contributed by atoms with E-state index in [1.165, 1.54) is 205 Å². The molecule has 1 unspecified atom stereocenters. The third kappa shape index (κ3) is 50.8. The zero-order chi connectivity index (χ0) is 44.9. The van der Waals surface area contributed by atoms with E-state index in [1.807, 2.05) is 0 Å². The highest BCUT2D eigenvalue weighted by molar-refractivity contribution is 5.70. The minimum Gasteiger partial charge on any atom is -0.462 e. The molecule has 0 aromatic heterocycles. The van der Waals surface area contributed by atoms with Crippen LogP contribution in [0.5, 0.6) is 0 Å². The van der Waals surface area contributed by atoms with E-state index >= 15 is 0 Å². The molecule has 0 spiro atoms. The zero-order valence-corrected chi connectivity index (χ0v) is 41.9. The minimum absolute atomic E-state index is 0.0821. The molecule has 0 saturated carbocycles. The second-order valence-electron chi connectivity index (χ2n) is 18.5. The fourth-order valence-electron chi connectivity index (χ4n) is 7.97. The van der Waals surface area contributed by atoms with Crippen molar-refractivity contribution in [3.63, 3.8) is 0 Å². The monoisotopic (exact) mass is 871 g/mol. The van der Waals surface area contributed by atoms with E-state index in [-0.39, 0.29) is 25.2 Å². The molecule has 5 heteroatoms. The Morgan fingerprint density at radius 1 is 0.339 bits per heavy atom. The zero-order valence-electron chi connectivity index (χ0n) is 41.9. The fraction of sp³-hybridized carbons (Fsp3) is 0.860. The summed E-state index contributed by atoms with van der Waals surface area (Å²) in [4.78, 5) is 25.4. The van der Waals surface area contributed by atoms with Crippen LogP contribution in [-0.2, 0) is 23.8 Å². The van der Waals surface area contributed by atoms with Gasteiger partial charge in [-0.1, -0.05) is 218 Å². The summed E-state index contributed by atoms with van der Waals surface area (Å²) in [6.45, 7) is 7.82. The molecule has 5 nitrogen and oxygen atoms in total. The van der Waals surface area contributed by atoms with E-state index < -0.39 is 6.10 Å². The molecular weight excluding hydrogens is 765 g/mol. The lowest BCUT2D eigenvalue weighted by molar-refractivity contribution is -0.163. The summed E-state index contributed by atoms with van der Waals surface area (Å²) < 4.78 is 17.4. The average molecular weight is 871 g/mol. The first-order chi connectivity index (χ1) is 30.6. The molecule has 0 fully saturated rings. The summed E-state index contributed by atoms with van der Waals surface area (Å²) in [5, 5.41) is 0. The lowest BCUT2D eigenvalue weighted by Gasteiger charge is -2.18. The molecule has 0 aliphatic carbocycles. The normalized spacial score (nSPS) is 12.4. The van der Waals surface area contributed by atoms with Crippen molar-refractivity contribution < 1.29 is 23.8 Å². The van der Waals surface area contributed by atoms with Gasteiger partial charge in [0.15, 0.2) is 6.10 Å². The van der Waals surface area contributed by atoms with Gasteiger partial charge in [0, 0.05) is 19.4 Å². The van der Waals surface area contributed by atoms with Crippen molar-refractivity contribution >= 4 is 11.9 Å². The molecule has 0 aromatic carbocycles. The van der Waals surface area contributed by atoms with Gasteiger partial charge in [-0.3, -0.25) is 9.59 Å². The van der Waals surface area contributed by atoms with E-state index in [0.29, 0.717) is 19.4 Å². The molecular formula is C57H106O5. The van der Waals surface area contributed by atoms with Gasteiger partial charge in [0.05, 0.1) is 6.61 Å². The Kier molecular flexibility index (Phi) is 51.8. The first-order valence-electron chi connectivity index (χ1n) is 27.5. The fourth-order valence-corrected chi connectivity index (χ4v) is 7.97. The van der Waals surface area contributed by atoms with Crippen LogP contribution < -0.4 is 0 Å². The van der Waals surface area contributed by atoms with Crippen molar-refractivity contribution in [3.8, 4) is 0 Å². The number of allylic oxidation sites excluding steroid dienone is 6. The molecule has 364 valence electrons. The lowest BCUT2D eigenvalue weighted by atomic mass is 10.1. The molecule has 0 heterocycles. The van der Waals surface area contributed by atoms with Gasteiger partial charge in [0.25, 0.3) is 0 Å². The third-order valence-electron chi connectivity index (χ3n) is 12.1. The molecule has 0 saturated heterocycles. The van der Waals surface area contributed by atoms with Crippen LogP contribution in [0.2, 0.25) is 0 Å². The van der Waals surface area contributed by atoms with Gasteiger partial charge in [0.1, 0.15) is 6.61 Å². The van der Waals surface area contributed by atoms with Gasteiger partial charge in [-0.2, -0.15) is 0 Å². The molecule has 0 aromatic rings. The number of esters is 2. The van der Waals surface area contributed by atoms with Gasteiger partial charge in [-0.25, -0.2) is 0 Å². The second-order valence-corrected chi connectivity index (χ2v) is 18.5. The van der Waals surface area contributed by atoms with Crippen LogP contribution in [0, 0.1) is 0 Å². The highest BCUT2D eigenvalue weighted by Crippen LogP contribution is 2.15. The number of carbonyl (C=O) groups excluding carboxylic acids is 2. The van der Waals surface area contributed by atoms with E-state index in [4.69, 9.17) is 14.2 Å². The Balaban J connectivity index is 4.22. The number of hydrogen-bond donors (Lipinski definition) is 0. The summed E-state index contributed by atoms with van der Waals surface area (Å²) in [6, 6.07) is 0. The number of hydrogen-bond acceptors (Lipinski definition) is 5. The van der Waals surface area contributed by atoms with E-state index in [2.05, 4.69) is 57.2 Å². The number of unbranched alkanes of at least 4 members (excludes halogenated alkanes) is 34. The predicted octanol–water partition coefficient (Wildman–Crippen LogP) is 18.6. The topological polar surface area (TPSA) is 61.8 Å². The van der Waals surface area contributed by atoms with Crippen LogP contribution in [0.15, 0.2) is 36.5 Å². The van der Waals surface area contributed by atoms with Crippen LogP contribution in [0.4, 0.5) is 0 Å². The molecule has 0 aliphatic heterocycles. The van der Waals surface area contributed by atoms with Gasteiger partial charge < -0.3 is 14.2 Å². The van der Waals surface area contributed by atoms with Crippen LogP contribution in [-0.4, -0.2) is 37.9 Å². The molecule has 0 N–H and O–H groups in total. The summed E-state index contributed by atoms with van der Waals surface area (Å²) in [5.41, 5.74) is 0. The molecule has 0 aliphatic rings. The first kappa shape index (κ1) is 60.1. The summed E-state index contributed by atoms with van der Waals surface area (Å²) in [6.07, 6.45) is 64.4. The molecule has 0 rings (SSSR count). The predicted molar refractivity (Wildman–Crippen MR) is 270 cm³/mol.